The largest absolute Gasteiger partial charge is 0.357 e. The molecule has 0 saturated carbocycles. The molecular weight excluding hydrogens is 202 g/mol. The van der Waals surface area contributed by atoms with Crippen LogP contribution in [0.2, 0.25) is 0 Å². The molecule has 3 rings (SSSR count). The zero-order valence-electron chi connectivity index (χ0n) is 8.25. The highest BCUT2D eigenvalue weighted by Crippen LogP contribution is 2.21. The SMILES string of the molecule is N#Cc1c[nH]c2c(-n3ccnc3)ccnc12. The summed E-state index contributed by atoms with van der Waals surface area (Å²) >= 11 is 0. The molecule has 0 spiro atoms. The van der Waals surface area contributed by atoms with Gasteiger partial charge in [-0.2, -0.15) is 5.26 Å². The van der Waals surface area contributed by atoms with Crippen molar-refractivity contribution in [3.05, 3.63) is 42.7 Å². The lowest BCUT2D eigenvalue weighted by atomic mass is 10.2. The van der Waals surface area contributed by atoms with Gasteiger partial charge in [0.05, 0.1) is 23.1 Å². The predicted molar refractivity (Wildman–Crippen MR) is 57.9 cm³/mol. The highest BCUT2D eigenvalue weighted by molar-refractivity contribution is 5.88. The van der Waals surface area contributed by atoms with Gasteiger partial charge in [-0.1, -0.05) is 0 Å². The van der Waals surface area contributed by atoms with Gasteiger partial charge in [0, 0.05) is 24.8 Å². The number of H-pyrrole nitrogens is 1. The van der Waals surface area contributed by atoms with E-state index in [-0.39, 0.29) is 0 Å². The molecule has 5 nitrogen and oxygen atoms in total. The number of pyridine rings is 1. The van der Waals surface area contributed by atoms with Crippen LogP contribution in [0.1, 0.15) is 5.56 Å². The van der Waals surface area contributed by atoms with E-state index in [1.54, 1.807) is 24.9 Å². The third kappa shape index (κ3) is 1.10. The molecule has 0 atom stereocenters. The van der Waals surface area contributed by atoms with Crippen LogP contribution in [0, 0.1) is 11.3 Å². The van der Waals surface area contributed by atoms with Gasteiger partial charge in [0.2, 0.25) is 0 Å². The van der Waals surface area contributed by atoms with E-state index in [4.69, 9.17) is 5.26 Å². The highest BCUT2D eigenvalue weighted by atomic mass is 15.0. The first kappa shape index (κ1) is 8.68. The van der Waals surface area contributed by atoms with Gasteiger partial charge in [-0.05, 0) is 6.07 Å². The van der Waals surface area contributed by atoms with Crippen molar-refractivity contribution in [3.63, 3.8) is 0 Å². The Kier molecular flexibility index (Phi) is 1.74. The van der Waals surface area contributed by atoms with Gasteiger partial charge in [0.15, 0.2) is 0 Å². The van der Waals surface area contributed by atoms with Crippen LogP contribution >= 0.6 is 0 Å². The maximum Gasteiger partial charge on any atom is 0.108 e. The van der Waals surface area contributed by atoms with Crippen molar-refractivity contribution < 1.29 is 0 Å². The lowest BCUT2D eigenvalue weighted by Gasteiger charge is -2.02. The zero-order chi connectivity index (χ0) is 11.0. The van der Waals surface area contributed by atoms with Crippen LogP contribution in [0.5, 0.6) is 0 Å². The summed E-state index contributed by atoms with van der Waals surface area (Å²) in [5, 5.41) is 8.92. The van der Waals surface area contributed by atoms with E-state index in [0.717, 1.165) is 11.2 Å². The second-order valence-electron chi connectivity index (χ2n) is 3.34. The van der Waals surface area contributed by atoms with Gasteiger partial charge in [-0.25, -0.2) is 4.98 Å². The third-order valence-electron chi connectivity index (χ3n) is 2.45. The van der Waals surface area contributed by atoms with E-state index >= 15 is 0 Å². The molecule has 0 aliphatic heterocycles. The van der Waals surface area contributed by atoms with Gasteiger partial charge in [0.25, 0.3) is 0 Å². The van der Waals surface area contributed by atoms with Crippen molar-refractivity contribution in [2.75, 3.05) is 0 Å². The van der Waals surface area contributed by atoms with Crippen LogP contribution in [-0.4, -0.2) is 19.5 Å². The summed E-state index contributed by atoms with van der Waals surface area (Å²) in [5.74, 6) is 0. The Balaban J connectivity index is 2.36. The number of nitrogens with zero attached hydrogens (tertiary/aromatic N) is 4. The van der Waals surface area contributed by atoms with E-state index < -0.39 is 0 Å². The van der Waals surface area contributed by atoms with Crippen molar-refractivity contribution in [2.24, 2.45) is 0 Å². The Hall–Kier alpha value is -2.61. The number of aromatic nitrogens is 4. The lowest BCUT2D eigenvalue weighted by Crippen LogP contribution is -1.92. The molecule has 0 aliphatic rings. The number of aromatic amines is 1. The van der Waals surface area contributed by atoms with E-state index in [0.29, 0.717) is 11.1 Å². The number of rotatable bonds is 1. The van der Waals surface area contributed by atoms with Crippen molar-refractivity contribution in [3.8, 4) is 11.8 Å². The molecule has 3 aromatic heterocycles. The summed E-state index contributed by atoms with van der Waals surface area (Å²) in [5.41, 5.74) is 3.02. The van der Waals surface area contributed by atoms with Crippen molar-refractivity contribution in [1.29, 1.82) is 5.26 Å². The smallest absolute Gasteiger partial charge is 0.108 e. The lowest BCUT2D eigenvalue weighted by molar-refractivity contribution is 1.06. The summed E-state index contributed by atoms with van der Waals surface area (Å²) in [6.45, 7) is 0. The van der Waals surface area contributed by atoms with Gasteiger partial charge in [0.1, 0.15) is 11.6 Å². The average Bonchev–Trinajstić information content (AvgIpc) is 2.97. The Morgan fingerprint density at radius 1 is 1.38 bits per heavy atom. The monoisotopic (exact) mass is 209 g/mol. The maximum absolute atomic E-state index is 8.92. The Morgan fingerprint density at radius 3 is 3.06 bits per heavy atom. The Bertz CT molecular complexity index is 672. The summed E-state index contributed by atoms with van der Waals surface area (Å²) in [6.07, 6.45) is 8.62. The molecule has 0 aliphatic carbocycles. The first-order valence-electron chi connectivity index (χ1n) is 4.74. The minimum absolute atomic E-state index is 0.553. The molecule has 0 aromatic carbocycles. The maximum atomic E-state index is 8.92. The van der Waals surface area contributed by atoms with Crippen LogP contribution in [0.15, 0.2) is 37.2 Å². The van der Waals surface area contributed by atoms with E-state index in [1.807, 2.05) is 16.8 Å². The number of nitriles is 1. The fourth-order valence-corrected chi connectivity index (χ4v) is 1.71. The Labute approximate surface area is 91.0 Å². The fourth-order valence-electron chi connectivity index (χ4n) is 1.71. The van der Waals surface area contributed by atoms with Gasteiger partial charge in [-0.3, -0.25) is 4.98 Å². The number of imidazole rings is 1. The second-order valence-corrected chi connectivity index (χ2v) is 3.34. The molecule has 0 bridgehead atoms. The first-order chi connectivity index (χ1) is 7.90. The van der Waals surface area contributed by atoms with Crippen LogP contribution in [0.3, 0.4) is 0 Å². The number of hydrogen-bond acceptors (Lipinski definition) is 3. The molecule has 76 valence electrons. The first-order valence-corrected chi connectivity index (χ1v) is 4.74. The molecule has 0 fully saturated rings. The fraction of sp³-hybridized carbons (Fsp3) is 0. The minimum Gasteiger partial charge on any atom is -0.357 e. The summed E-state index contributed by atoms with van der Waals surface area (Å²) < 4.78 is 1.88. The standard InChI is InChI=1S/C11H7N5/c12-5-8-6-15-11-9(1-2-14-10(8)11)16-4-3-13-7-16/h1-4,6-7,15H. The Morgan fingerprint density at radius 2 is 2.31 bits per heavy atom. The average molecular weight is 209 g/mol. The molecule has 16 heavy (non-hydrogen) atoms. The zero-order valence-corrected chi connectivity index (χ0v) is 8.25. The highest BCUT2D eigenvalue weighted by Gasteiger charge is 2.08. The molecule has 0 amide bonds. The molecular formula is C11H7N5. The van der Waals surface area contributed by atoms with Crippen LogP contribution in [-0.2, 0) is 0 Å². The number of fused-ring (bicyclic) bond motifs is 1. The molecule has 0 saturated heterocycles. The van der Waals surface area contributed by atoms with Crippen LogP contribution in [0.25, 0.3) is 16.7 Å². The topological polar surface area (TPSA) is 70.3 Å². The molecule has 5 heteroatoms. The summed E-state index contributed by atoms with van der Waals surface area (Å²) in [4.78, 5) is 11.3. The van der Waals surface area contributed by atoms with Crippen molar-refractivity contribution in [2.45, 2.75) is 0 Å². The molecule has 3 heterocycles. The quantitative estimate of drug-likeness (QED) is 0.662. The van der Waals surface area contributed by atoms with Gasteiger partial charge < -0.3 is 9.55 Å². The molecule has 3 aromatic rings. The summed E-state index contributed by atoms with van der Waals surface area (Å²) in [7, 11) is 0. The van der Waals surface area contributed by atoms with Crippen LogP contribution in [0.4, 0.5) is 0 Å². The molecule has 1 N–H and O–H groups in total. The van der Waals surface area contributed by atoms with E-state index in [2.05, 4.69) is 21.0 Å². The summed E-state index contributed by atoms with van der Waals surface area (Å²) in [6, 6.07) is 3.98. The molecule has 0 radical (unpaired) electrons. The second kappa shape index (κ2) is 3.21. The van der Waals surface area contributed by atoms with E-state index in [1.165, 1.54) is 0 Å². The van der Waals surface area contributed by atoms with Crippen molar-refractivity contribution in [1.82, 2.24) is 19.5 Å². The van der Waals surface area contributed by atoms with Crippen LogP contribution < -0.4 is 0 Å². The van der Waals surface area contributed by atoms with Crippen molar-refractivity contribution >= 4 is 11.0 Å². The third-order valence-corrected chi connectivity index (χ3v) is 2.45. The van der Waals surface area contributed by atoms with Gasteiger partial charge in [-0.15, -0.1) is 0 Å². The predicted octanol–water partition coefficient (Wildman–Crippen LogP) is 1.62. The minimum atomic E-state index is 0.553. The normalized spacial score (nSPS) is 10.4. The van der Waals surface area contributed by atoms with E-state index in [9.17, 15) is 0 Å². The number of nitrogens with one attached hydrogen (secondary N) is 1. The molecule has 0 unspecified atom stereocenters. The number of hydrogen-bond donors (Lipinski definition) is 1. The van der Waals surface area contributed by atoms with Gasteiger partial charge >= 0.3 is 0 Å².